The summed E-state index contributed by atoms with van der Waals surface area (Å²) in [4.78, 5) is 2.41. The van der Waals surface area contributed by atoms with Crippen molar-refractivity contribution in [2.24, 2.45) is 18.4 Å². The molecule has 0 amide bonds. The van der Waals surface area contributed by atoms with Gasteiger partial charge >= 0.3 is 0 Å². The highest BCUT2D eigenvalue weighted by atomic mass is 15.4. The van der Waals surface area contributed by atoms with Crippen LogP contribution in [0.2, 0.25) is 0 Å². The lowest BCUT2D eigenvalue weighted by molar-refractivity contribution is 0.263. The van der Waals surface area contributed by atoms with Crippen LogP contribution in [0.15, 0.2) is 0 Å². The van der Waals surface area contributed by atoms with Crippen molar-refractivity contribution in [3.63, 3.8) is 0 Å². The zero-order chi connectivity index (χ0) is 14.4. The molecule has 4 nitrogen and oxygen atoms in total. The lowest BCUT2D eigenvalue weighted by atomic mass is 9.80. The summed E-state index contributed by atoms with van der Waals surface area (Å²) < 4.78 is 1.95. The first kappa shape index (κ1) is 14.2. The van der Waals surface area contributed by atoms with Crippen LogP contribution in [0, 0.1) is 11.3 Å². The third kappa shape index (κ3) is 2.58. The number of nitrogens with two attached hydrogens (primary N) is 1. The summed E-state index contributed by atoms with van der Waals surface area (Å²) >= 11 is 0. The van der Waals surface area contributed by atoms with Crippen molar-refractivity contribution >= 4 is 11.5 Å². The van der Waals surface area contributed by atoms with Crippen LogP contribution in [-0.4, -0.2) is 22.9 Å². The Morgan fingerprint density at radius 3 is 2.37 bits per heavy atom. The fourth-order valence-corrected chi connectivity index (χ4v) is 3.01. The molecule has 0 saturated carbocycles. The van der Waals surface area contributed by atoms with Crippen LogP contribution >= 0.6 is 0 Å². The molecule has 0 radical (unpaired) electrons. The lowest BCUT2D eigenvalue weighted by Crippen LogP contribution is -2.27. The zero-order valence-electron chi connectivity index (χ0n) is 13.2. The molecule has 1 aromatic rings. The highest BCUT2D eigenvalue weighted by Gasteiger charge is 2.34. The molecular formula is C15H28N4. The normalized spacial score (nSPS) is 20.6. The molecule has 2 rings (SSSR count). The number of rotatable bonds is 2. The second kappa shape index (κ2) is 4.73. The van der Waals surface area contributed by atoms with E-state index >= 15 is 0 Å². The van der Waals surface area contributed by atoms with Gasteiger partial charge in [-0.25, -0.2) is 0 Å². The number of nitrogen functional groups attached to an aromatic ring is 1. The third-order valence-electron chi connectivity index (χ3n) is 4.34. The molecule has 1 saturated heterocycles. The van der Waals surface area contributed by atoms with Crippen molar-refractivity contribution in [2.75, 3.05) is 23.7 Å². The Morgan fingerprint density at radius 2 is 1.95 bits per heavy atom. The molecule has 4 heteroatoms. The van der Waals surface area contributed by atoms with Crippen molar-refractivity contribution in [1.82, 2.24) is 9.78 Å². The van der Waals surface area contributed by atoms with Crippen LogP contribution in [0.1, 0.15) is 52.7 Å². The van der Waals surface area contributed by atoms with Crippen LogP contribution in [0.25, 0.3) is 0 Å². The minimum atomic E-state index is 0.364. The molecule has 0 aliphatic carbocycles. The summed E-state index contributed by atoms with van der Waals surface area (Å²) in [6.45, 7) is 13.4. The van der Waals surface area contributed by atoms with Crippen LogP contribution in [0.4, 0.5) is 11.5 Å². The Kier molecular flexibility index (Phi) is 3.54. The third-order valence-corrected chi connectivity index (χ3v) is 4.34. The Bertz CT molecular complexity index is 453. The Balaban J connectivity index is 2.25. The van der Waals surface area contributed by atoms with E-state index in [1.807, 2.05) is 11.7 Å². The molecule has 108 valence electrons. The van der Waals surface area contributed by atoms with Gasteiger partial charge in [-0.1, -0.05) is 34.6 Å². The van der Waals surface area contributed by atoms with Crippen LogP contribution < -0.4 is 10.6 Å². The van der Waals surface area contributed by atoms with E-state index in [0.717, 1.165) is 36.2 Å². The van der Waals surface area contributed by atoms with Crippen LogP contribution in [0.3, 0.4) is 0 Å². The molecule has 1 aromatic heterocycles. The zero-order valence-corrected chi connectivity index (χ0v) is 13.2. The maximum Gasteiger partial charge on any atom is 0.150 e. The van der Waals surface area contributed by atoms with E-state index in [1.54, 1.807) is 0 Å². The SMILES string of the molecule is CC(C)c1nn(C)c(N2CCC(C(C)(C)C)C2)c1N. The van der Waals surface area contributed by atoms with E-state index in [1.165, 1.54) is 6.42 Å². The second-order valence-electron chi connectivity index (χ2n) is 7.20. The first-order valence-electron chi connectivity index (χ1n) is 7.29. The largest absolute Gasteiger partial charge is 0.394 e. The van der Waals surface area contributed by atoms with E-state index in [4.69, 9.17) is 5.73 Å². The summed E-state index contributed by atoms with van der Waals surface area (Å²) in [6, 6.07) is 0. The maximum atomic E-state index is 6.31. The molecule has 1 unspecified atom stereocenters. The van der Waals surface area contributed by atoms with Gasteiger partial charge in [0.15, 0.2) is 0 Å². The van der Waals surface area contributed by atoms with Crippen molar-refractivity contribution in [2.45, 2.75) is 47.0 Å². The lowest BCUT2D eigenvalue weighted by Gasteiger charge is -2.27. The van der Waals surface area contributed by atoms with E-state index in [-0.39, 0.29) is 0 Å². The standard InChI is InChI=1S/C15H28N4/c1-10(2)13-12(16)14(18(6)17-13)19-8-7-11(9-19)15(3,4)5/h10-11H,7-9,16H2,1-6H3. The average molecular weight is 264 g/mol. The molecule has 0 spiro atoms. The van der Waals surface area contributed by atoms with E-state index in [2.05, 4.69) is 44.6 Å². The van der Waals surface area contributed by atoms with Gasteiger partial charge in [-0.3, -0.25) is 4.68 Å². The first-order chi connectivity index (χ1) is 8.71. The number of anilines is 2. The smallest absolute Gasteiger partial charge is 0.150 e. The number of hydrogen-bond acceptors (Lipinski definition) is 3. The van der Waals surface area contributed by atoms with E-state index < -0.39 is 0 Å². The molecule has 19 heavy (non-hydrogen) atoms. The van der Waals surface area contributed by atoms with Gasteiger partial charge in [0.25, 0.3) is 0 Å². The van der Waals surface area contributed by atoms with Crippen LogP contribution in [-0.2, 0) is 7.05 Å². The first-order valence-corrected chi connectivity index (χ1v) is 7.29. The minimum Gasteiger partial charge on any atom is -0.394 e. The summed E-state index contributed by atoms with van der Waals surface area (Å²) in [7, 11) is 2.00. The van der Waals surface area contributed by atoms with Gasteiger partial charge in [0.1, 0.15) is 5.82 Å². The molecule has 1 aliphatic rings. The predicted molar refractivity (Wildman–Crippen MR) is 81.5 cm³/mol. The summed E-state index contributed by atoms with van der Waals surface area (Å²) in [5.41, 5.74) is 8.57. The Labute approximate surface area is 117 Å². The summed E-state index contributed by atoms with van der Waals surface area (Å²) in [5.74, 6) is 2.21. The molecule has 2 heterocycles. The number of aryl methyl sites for hydroxylation is 1. The van der Waals surface area contributed by atoms with Gasteiger partial charge in [0.05, 0.1) is 11.4 Å². The van der Waals surface area contributed by atoms with E-state index in [9.17, 15) is 0 Å². The quantitative estimate of drug-likeness (QED) is 0.893. The second-order valence-corrected chi connectivity index (χ2v) is 7.20. The molecule has 0 aromatic carbocycles. The van der Waals surface area contributed by atoms with Gasteiger partial charge in [-0.05, 0) is 23.7 Å². The molecular weight excluding hydrogens is 236 g/mol. The average Bonchev–Trinajstić information content (AvgIpc) is 2.82. The molecule has 0 bridgehead atoms. The van der Waals surface area contributed by atoms with Crippen molar-refractivity contribution in [3.8, 4) is 0 Å². The highest BCUT2D eigenvalue weighted by Crippen LogP contribution is 2.38. The van der Waals surface area contributed by atoms with Crippen LogP contribution in [0.5, 0.6) is 0 Å². The predicted octanol–water partition coefficient (Wildman–Crippen LogP) is 3.00. The monoisotopic (exact) mass is 264 g/mol. The van der Waals surface area contributed by atoms with Crippen molar-refractivity contribution in [1.29, 1.82) is 0 Å². The van der Waals surface area contributed by atoms with Gasteiger partial charge in [-0.2, -0.15) is 5.10 Å². The topological polar surface area (TPSA) is 47.1 Å². The highest BCUT2D eigenvalue weighted by molar-refractivity contribution is 5.67. The maximum absolute atomic E-state index is 6.31. The Morgan fingerprint density at radius 1 is 1.32 bits per heavy atom. The number of nitrogens with zero attached hydrogens (tertiary/aromatic N) is 3. The Hall–Kier alpha value is -1.19. The molecule has 1 aliphatic heterocycles. The minimum absolute atomic E-state index is 0.364. The molecule has 1 fully saturated rings. The molecule has 1 atom stereocenters. The van der Waals surface area contributed by atoms with Crippen molar-refractivity contribution < 1.29 is 0 Å². The fourth-order valence-electron chi connectivity index (χ4n) is 3.01. The van der Waals surface area contributed by atoms with Crippen molar-refractivity contribution in [3.05, 3.63) is 5.69 Å². The van der Waals surface area contributed by atoms with Gasteiger partial charge in [-0.15, -0.1) is 0 Å². The summed E-state index contributed by atoms with van der Waals surface area (Å²) in [6.07, 6.45) is 1.24. The number of hydrogen-bond donors (Lipinski definition) is 1. The van der Waals surface area contributed by atoms with Gasteiger partial charge < -0.3 is 10.6 Å². The summed E-state index contributed by atoms with van der Waals surface area (Å²) in [5, 5.41) is 4.59. The van der Waals surface area contributed by atoms with E-state index in [0.29, 0.717) is 11.3 Å². The van der Waals surface area contributed by atoms with Gasteiger partial charge in [0.2, 0.25) is 0 Å². The molecule has 2 N–H and O–H groups in total. The number of aromatic nitrogens is 2. The fraction of sp³-hybridized carbons (Fsp3) is 0.800. The van der Waals surface area contributed by atoms with Gasteiger partial charge in [0, 0.05) is 20.1 Å².